The van der Waals surface area contributed by atoms with Gasteiger partial charge >= 0.3 is 0 Å². The Morgan fingerprint density at radius 2 is 2.06 bits per heavy atom. The average molecular weight is 252 g/mol. The van der Waals surface area contributed by atoms with Gasteiger partial charge in [-0.15, -0.1) is 0 Å². The van der Waals surface area contributed by atoms with Gasteiger partial charge in [0, 0.05) is 19.6 Å². The van der Waals surface area contributed by atoms with Crippen molar-refractivity contribution in [3.05, 3.63) is 6.33 Å². The molecule has 18 heavy (non-hydrogen) atoms. The molecule has 0 bridgehead atoms. The van der Waals surface area contributed by atoms with E-state index in [1.807, 2.05) is 6.92 Å². The number of nitrogens with zero attached hydrogens (tertiary/aromatic N) is 3. The molecular formula is C13H24N4O. The van der Waals surface area contributed by atoms with Crippen LogP contribution in [0.4, 0.5) is 11.6 Å². The van der Waals surface area contributed by atoms with Crippen LogP contribution in [0.1, 0.15) is 33.6 Å². The Bertz CT molecular complexity index is 357. The van der Waals surface area contributed by atoms with E-state index < -0.39 is 0 Å². The molecule has 0 radical (unpaired) electrons. The molecule has 1 aromatic rings. The summed E-state index contributed by atoms with van der Waals surface area (Å²) in [7, 11) is 1.66. The normalized spacial score (nSPS) is 10.2. The van der Waals surface area contributed by atoms with E-state index in [4.69, 9.17) is 4.74 Å². The molecule has 0 aliphatic heterocycles. The molecule has 102 valence electrons. The van der Waals surface area contributed by atoms with Crippen LogP contribution in [0.15, 0.2) is 6.33 Å². The summed E-state index contributed by atoms with van der Waals surface area (Å²) in [5.41, 5.74) is 0. The third kappa shape index (κ3) is 3.48. The standard InChI is InChI=1S/C13H24N4O/c1-5-8-9-17(7-3)13-11(18-4)12(14-6-2)15-10-16-13/h10H,5-9H2,1-4H3,(H,14,15,16). The summed E-state index contributed by atoms with van der Waals surface area (Å²) < 4.78 is 5.46. The molecule has 1 heterocycles. The van der Waals surface area contributed by atoms with Crippen LogP contribution in [-0.4, -0.2) is 36.7 Å². The lowest BCUT2D eigenvalue weighted by Gasteiger charge is -2.24. The Kier molecular flexibility index (Phi) is 6.25. The van der Waals surface area contributed by atoms with E-state index in [0.29, 0.717) is 0 Å². The van der Waals surface area contributed by atoms with Crippen LogP contribution in [0.25, 0.3) is 0 Å². The van der Waals surface area contributed by atoms with Crippen molar-refractivity contribution in [3.63, 3.8) is 0 Å². The topological polar surface area (TPSA) is 50.3 Å². The van der Waals surface area contributed by atoms with Gasteiger partial charge in [0.1, 0.15) is 6.33 Å². The van der Waals surface area contributed by atoms with Crippen molar-refractivity contribution in [2.75, 3.05) is 37.0 Å². The molecule has 0 spiro atoms. The predicted molar refractivity (Wildman–Crippen MR) is 75.5 cm³/mol. The Hall–Kier alpha value is -1.52. The highest BCUT2D eigenvalue weighted by Crippen LogP contribution is 2.31. The lowest BCUT2D eigenvalue weighted by atomic mass is 10.3. The number of anilines is 2. The lowest BCUT2D eigenvalue weighted by Crippen LogP contribution is -2.26. The Labute approximate surface area is 110 Å². The number of nitrogens with one attached hydrogen (secondary N) is 1. The molecule has 0 amide bonds. The first-order chi connectivity index (χ1) is 8.78. The number of hydrogen-bond donors (Lipinski definition) is 1. The molecule has 5 heteroatoms. The molecule has 0 aliphatic carbocycles. The minimum Gasteiger partial charge on any atom is -0.490 e. The van der Waals surface area contributed by atoms with Crippen LogP contribution >= 0.6 is 0 Å². The molecule has 0 aromatic carbocycles. The van der Waals surface area contributed by atoms with Gasteiger partial charge < -0.3 is 15.0 Å². The zero-order valence-corrected chi connectivity index (χ0v) is 11.9. The zero-order valence-electron chi connectivity index (χ0n) is 11.9. The van der Waals surface area contributed by atoms with Crippen molar-refractivity contribution in [1.29, 1.82) is 0 Å². The van der Waals surface area contributed by atoms with Gasteiger partial charge in [0.25, 0.3) is 0 Å². The summed E-state index contributed by atoms with van der Waals surface area (Å²) in [5, 5.41) is 3.20. The fourth-order valence-electron chi connectivity index (χ4n) is 1.83. The van der Waals surface area contributed by atoms with Gasteiger partial charge in [0.2, 0.25) is 5.75 Å². The van der Waals surface area contributed by atoms with E-state index >= 15 is 0 Å². The fraction of sp³-hybridized carbons (Fsp3) is 0.692. The van der Waals surface area contributed by atoms with Crippen LogP contribution in [0, 0.1) is 0 Å². The highest BCUT2D eigenvalue weighted by Gasteiger charge is 2.16. The summed E-state index contributed by atoms with van der Waals surface area (Å²) in [6, 6.07) is 0. The van der Waals surface area contributed by atoms with Crippen LogP contribution in [0.5, 0.6) is 5.75 Å². The summed E-state index contributed by atoms with van der Waals surface area (Å²) >= 11 is 0. The second kappa shape index (κ2) is 7.74. The largest absolute Gasteiger partial charge is 0.490 e. The first-order valence-corrected chi connectivity index (χ1v) is 6.66. The first-order valence-electron chi connectivity index (χ1n) is 6.66. The molecule has 0 fully saturated rings. The summed E-state index contributed by atoms with van der Waals surface area (Å²) in [5.74, 6) is 2.37. The zero-order chi connectivity index (χ0) is 13.4. The maximum absolute atomic E-state index is 5.46. The van der Waals surface area contributed by atoms with Crippen LogP contribution in [-0.2, 0) is 0 Å². The summed E-state index contributed by atoms with van der Waals surface area (Å²) in [4.78, 5) is 10.8. The van der Waals surface area contributed by atoms with E-state index in [0.717, 1.165) is 43.4 Å². The predicted octanol–water partition coefficient (Wildman–Crippen LogP) is 2.54. The van der Waals surface area contributed by atoms with Gasteiger partial charge in [-0.3, -0.25) is 0 Å². The highest BCUT2D eigenvalue weighted by atomic mass is 16.5. The number of unbranched alkanes of at least 4 members (excludes halogenated alkanes) is 1. The smallest absolute Gasteiger partial charge is 0.204 e. The minimum atomic E-state index is 0.734. The monoisotopic (exact) mass is 252 g/mol. The van der Waals surface area contributed by atoms with Crippen molar-refractivity contribution >= 4 is 11.6 Å². The highest BCUT2D eigenvalue weighted by molar-refractivity contribution is 5.64. The fourth-order valence-corrected chi connectivity index (χ4v) is 1.83. The second-order valence-electron chi connectivity index (χ2n) is 4.04. The number of hydrogen-bond acceptors (Lipinski definition) is 5. The molecule has 5 nitrogen and oxygen atoms in total. The van der Waals surface area contributed by atoms with Gasteiger partial charge in [0.15, 0.2) is 11.6 Å². The minimum absolute atomic E-state index is 0.734. The summed E-state index contributed by atoms with van der Waals surface area (Å²) in [6.07, 6.45) is 3.91. The van der Waals surface area contributed by atoms with Crippen molar-refractivity contribution < 1.29 is 4.74 Å². The number of aromatic nitrogens is 2. The SMILES string of the molecule is CCCCN(CC)c1ncnc(NCC)c1OC. The molecule has 0 unspecified atom stereocenters. The Balaban J connectivity index is 3.00. The van der Waals surface area contributed by atoms with Crippen LogP contribution < -0.4 is 15.0 Å². The van der Waals surface area contributed by atoms with E-state index in [2.05, 4.69) is 34.0 Å². The van der Waals surface area contributed by atoms with Gasteiger partial charge in [-0.1, -0.05) is 13.3 Å². The van der Waals surface area contributed by atoms with Crippen molar-refractivity contribution in [3.8, 4) is 5.75 Å². The Morgan fingerprint density at radius 1 is 1.28 bits per heavy atom. The second-order valence-corrected chi connectivity index (χ2v) is 4.04. The molecule has 0 saturated heterocycles. The number of rotatable bonds is 8. The van der Waals surface area contributed by atoms with E-state index in [1.165, 1.54) is 6.42 Å². The molecule has 1 rings (SSSR count). The molecular weight excluding hydrogens is 228 g/mol. The third-order valence-corrected chi connectivity index (χ3v) is 2.80. The van der Waals surface area contributed by atoms with Crippen LogP contribution in [0.2, 0.25) is 0 Å². The maximum Gasteiger partial charge on any atom is 0.204 e. The summed E-state index contributed by atoms with van der Waals surface area (Å²) in [6.45, 7) is 9.08. The van der Waals surface area contributed by atoms with Crippen molar-refractivity contribution in [2.45, 2.75) is 33.6 Å². The average Bonchev–Trinajstić information content (AvgIpc) is 2.40. The van der Waals surface area contributed by atoms with E-state index in [9.17, 15) is 0 Å². The number of ether oxygens (including phenoxy) is 1. The van der Waals surface area contributed by atoms with Gasteiger partial charge in [-0.2, -0.15) is 0 Å². The van der Waals surface area contributed by atoms with Crippen LogP contribution in [0.3, 0.4) is 0 Å². The third-order valence-electron chi connectivity index (χ3n) is 2.80. The van der Waals surface area contributed by atoms with Crippen molar-refractivity contribution in [1.82, 2.24) is 9.97 Å². The van der Waals surface area contributed by atoms with Gasteiger partial charge in [-0.05, 0) is 20.3 Å². The van der Waals surface area contributed by atoms with Gasteiger partial charge in [-0.25, -0.2) is 9.97 Å². The quantitative estimate of drug-likeness (QED) is 0.770. The number of methoxy groups -OCH3 is 1. The first kappa shape index (κ1) is 14.5. The van der Waals surface area contributed by atoms with Gasteiger partial charge in [0.05, 0.1) is 7.11 Å². The molecule has 0 saturated carbocycles. The van der Waals surface area contributed by atoms with E-state index in [1.54, 1.807) is 13.4 Å². The van der Waals surface area contributed by atoms with Crippen molar-refractivity contribution in [2.24, 2.45) is 0 Å². The molecule has 1 aromatic heterocycles. The molecule has 1 N–H and O–H groups in total. The maximum atomic E-state index is 5.46. The lowest BCUT2D eigenvalue weighted by molar-refractivity contribution is 0.412. The van der Waals surface area contributed by atoms with E-state index in [-0.39, 0.29) is 0 Å². The molecule has 0 aliphatic rings. The molecule has 0 atom stereocenters. The Morgan fingerprint density at radius 3 is 2.61 bits per heavy atom.